The van der Waals surface area contributed by atoms with Gasteiger partial charge in [0.2, 0.25) is 0 Å². The monoisotopic (exact) mass is 332 g/mol. The van der Waals surface area contributed by atoms with Gasteiger partial charge in [0, 0.05) is 0 Å². The van der Waals surface area contributed by atoms with Crippen molar-refractivity contribution in [2.75, 3.05) is 0 Å². The molecule has 0 saturated heterocycles. The molecule has 0 aromatic carbocycles. The fourth-order valence-electron chi connectivity index (χ4n) is 1.99. The molecular formula is C13H16Cl2Zr. The molecule has 0 nitrogen and oxygen atoms in total. The summed E-state index contributed by atoms with van der Waals surface area (Å²) in [6, 6.07) is 0. The van der Waals surface area contributed by atoms with E-state index in [1.807, 2.05) is 0 Å². The Balaban J connectivity index is 0. The zero-order valence-corrected chi connectivity index (χ0v) is 13.7. The molecule has 2 aliphatic carbocycles. The summed E-state index contributed by atoms with van der Waals surface area (Å²) >= 11 is 0. The maximum atomic E-state index is 2.27. The second kappa shape index (κ2) is 8.50. The second-order valence-corrected chi connectivity index (χ2v) is 3.96. The van der Waals surface area contributed by atoms with Gasteiger partial charge in [-0.1, -0.05) is 46.6 Å². The molecule has 2 rings (SSSR count). The molecule has 0 atom stereocenters. The van der Waals surface area contributed by atoms with Crippen molar-refractivity contribution in [3.8, 4) is 0 Å². The van der Waals surface area contributed by atoms with Crippen molar-refractivity contribution in [3.63, 3.8) is 0 Å². The first-order valence-corrected chi connectivity index (χ1v) is 4.97. The Labute approximate surface area is 130 Å². The third kappa shape index (κ3) is 4.36. The Morgan fingerprint density at radius 3 is 1.50 bits per heavy atom. The van der Waals surface area contributed by atoms with Crippen LogP contribution in [0.3, 0.4) is 0 Å². The normalized spacial score (nSPS) is 17.1. The van der Waals surface area contributed by atoms with E-state index in [0.29, 0.717) is 0 Å². The van der Waals surface area contributed by atoms with Crippen LogP contribution in [-0.2, 0) is 26.2 Å². The summed E-state index contributed by atoms with van der Waals surface area (Å²) in [4.78, 5) is 0. The summed E-state index contributed by atoms with van der Waals surface area (Å²) < 4.78 is 0. The van der Waals surface area contributed by atoms with Gasteiger partial charge in [-0.3, -0.25) is 0 Å². The molecule has 0 bridgehead atoms. The molecule has 0 heterocycles. The van der Waals surface area contributed by atoms with Crippen molar-refractivity contribution >= 4 is 0 Å². The number of hydrogen-bond acceptors (Lipinski definition) is 0. The summed E-state index contributed by atoms with van der Waals surface area (Å²) in [5, 5.41) is 0. The molecule has 0 fully saturated rings. The smallest absolute Gasteiger partial charge is 1.00 e. The molecule has 0 saturated carbocycles. The van der Waals surface area contributed by atoms with Crippen LogP contribution >= 0.6 is 0 Å². The fourth-order valence-corrected chi connectivity index (χ4v) is 1.99. The standard InChI is InChI=1S/C13H16.2ClH.Zr/c1-10-5-3-7-12(10)9-13-8-4-6-11(13)2;;;/h3-6H,7-9H2,1-2H3;2*1H;/q;;;+2/p-2. The van der Waals surface area contributed by atoms with Gasteiger partial charge in [-0.05, 0) is 33.1 Å². The Hall–Kier alpha value is 0.423. The van der Waals surface area contributed by atoms with Crippen LogP contribution in [0.5, 0.6) is 0 Å². The number of halogens is 2. The summed E-state index contributed by atoms with van der Waals surface area (Å²) in [5.74, 6) is 0. The molecule has 0 unspecified atom stereocenters. The number of hydrogen-bond donors (Lipinski definition) is 0. The molecule has 0 amide bonds. The maximum absolute atomic E-state index is 2.27. The topological polar surface area (TPSA) is 0 Å². The summed E-state index contributed by atoms with van der Waals surface area (Å²) in [6.07, 6.45) is 12.6. The molecular weight excluding hydrogens is 318 g/mol. The van der Waals surface area contributed by atoms with Crippen LogP contribution in [0.1, 0.15) is 33.1 Å². The Morgan fingerprint density at radius 1 is 0.875 bits per heavy atom. The van der Waals surface area contributed by atoms with Crippen molar-refractivity contribution < 1.29 is 51.0 Å². The van der Waals surface area contributed by atoms with Gasteiger partial charge < -0.3 is 24.8 Å². The van der Waals surface area contributed by atoms with E-state index in [0.717, 1.165) is 0 Å². The van der Waals surface area contributed by atoms with E-state index in [9.17, 15) is 0 Å². The van der Waals surface area contributed by atoms with Crippen LogP contribution in [0.4, 0.5) is 0 Å². The summed E-state index contributed by atoms with van der Waals surface area (Å²) in [7, 11) is 0. The van der Waals surface area contributed by atoms with Gasteiger partial charge >= 0.3 is 26.2 Å². The molecule has 2 aliphatic rings. The van der Waals surface area contributed by atoms with E-state index in [2.05, 4.69) is 38.2 Å². The minimum Gasteiger partial charge on any atom is -1.00 e. The molecule has 0 N–H and O–H groups in total. The largest absolute Gasteiger partial charge is 2.00 e. The van der Waals surface area contributed by atoms with Crippen LogP contribution in [0.2, 0.25) is 0 Å². The number of allylic oxidation sites excluding steroid dienone is 8. The van der Waals surface area contributed by atoms with E-state index in [1.165, 1.54) is 30.4 Å². The summed E-state index contributed by atoms with van der Waals surface area (Å²) in [6.45, 7) is 4.44. The Bertz CT molecular complexity index is 315. The minimum absolute atomic E-state index is 0. The number of rotatable bonds is 2. The Morgan fingerprint density at radius 2 is 1.25 bits per heavy atom. The van der Waals surface area contributed by atoms with Gasteiger partial charge in [0.1, 0.15) is 0 Å². The predicted octanol–water partition coefficient (Wildman–Crippen LogP) is -2.07. The molecule has 16 heavy (non-hydrogen) atoms. The third-order valence-corrected chi connectivity index (χ3v) is 3.01. The molecule has 86 valence electrons. The van der Waals surface area contributed by atoms with Gasteiger partial charge in [0.05, 0.1) is 0 Å². The first-order valence-electron chi connectivity index (χ1n) is 4.97. The van der Waals surface area contributed by atoms with E-state index < -0.39 is 0 Å². The quantitative estimate of drug-likeness (QED) is 0.545. The van der Waals surface area contributed by atoms with Crippen molar-refractivity contribution in [2.45, 2.75) is 33.1 Å². The average Bonchev–Trinajstić information content (AvgIpc) is 2.65. The van der Waals surface area contributed by atoms with E-state index in [-0.39, 0.29) is 51.0 Å². The van der Waals surface area contributed by atoms with Crippen LogP contribution in [-0.4, -0.2) is 0 Å². The van der Waals surface area contributed by atoms with Gasteiger partial charge in [-0.15, -0.1) is 0 Å². The van der Waals surface area contributed by atoms with E-state index in [4.69, 9.17) is 0 Å². The predicted molar refractivity (Wildman–Crippen MR) is 57.5 cm³/mol. The zero-order chi connectivity index (χ0) is 9.26. The van der Waals surface area contributed by atoms with Gasteiger partial charge in [0.25, 0.3) is 0 Å². The minimum atomic E-state index is 0. The Kier molecular flexibility index (Phi) is 9.98. The van der Waals surface area contributed by atoms with Crippen molar-refractivity contribution in [1.29, 1.82) is 0 Å². The molecule has 0 aromatic rings. The van der Waals surface area contributed by atoms with Gasteiger partial charge in [0.15, 0.2) is 0 Å². The van der Waals surface area contributed by atoms with Crippen LogP contribution in [0.15, 0.2) is 46.6 Å². The molecule has 3 heteroatoms. The van der Waals surface area contributed by atoms with Gasteiger partial charge in [-0.2, -0.15) is 0 Å². The van der Waals surface area contributed by atoms with Crippen molar-refractivity contribution in [1.82, 2.24) is 0 Å². The molecule has 0 aromatic heterocycles. The molecule has 0 spiro atoms. The van der Waals surface area contributed by atoms with Crippen LogP contribution < -0.4 is 24.8 Å². The van der Waals surface area contributed by atoms with E-state index >= 15 is 0 Å². The summed E-state index contributed by atoms with van der Waals surface area (Å²) in [5.41, 5.74) is 6.18. The van der Waals surface area contributed by atoms with Crippen molar-refractivity contribution in [2.24, 2.45) is 0 Å². The first-order chi connectivity index (χ1) is 6.27. The third-order valence-electron chi connectivity index (χ3n) is 3.01. The molecule has 0 radical (unpaired) electrons. The maximum Gasteiger partial charge on any atom is 2.00 e. The van der Waals surface area contributed by atoms with Crippen molar-refractivity contribution in [3.05, 3.63) is 46.6 Å². The van der Waals surface area contributed by atoms with E-state index in [1.54, 1.807) is 11.1 Å². The first kappa shape index (κ1) is 18.8. The molecule has 0 aliphatic heterocycles. The average molecular weight is 334 g/mol. The zero-order valence-electron chi connectivity index (χ0n) is 9.69. The van der Waals surface area contributed by atoms with Crippen LogP contribution in [0.25, 0.3) is 0 Å². The fraction of sp³-hybridized carbons (Fsp3) is 0.385. The van der Waals surface area contributed by atoms with Gasteiger partial charge in [-0.25, -0.2) is 0 Å². The SMILES string of the molecule is CC1=C(CC2=C(C)C=CC2)CC=C1.[Cl-].[Cl-].[Zr+2]. The van der Waals surface area contributed by atoms with Crippen LogP contribution in [0, 0.1) is 0 Å². The second-order valence-electron chi connectivity index (χ2n) is 3.96.